The third kappa shape index (κ3) is 2.05. The Labute approximate surface area is 97.0 Å². The molecule has 0 aromatic carbocycles. The number of methoxy groups -OCH3 is 1. The van der Waals surface area contributed by atoms with E-state index in [4.69, 9.17) is 16.3 Å². The quantitative estimate of drug-likeness (QED) is 0.788. The van der Waals surface area contributed by atoms with Gasteiger partial charge in [-0.05, 0) is 19.3 Å². The van der Waals surface area contributed by atoms with Crippen molar-refractivity contribution in [3.8, 4) is 0 Å². The first-order valence-electron chi connectivity index (χ1n) is 5.16. The van der Waals surface area contributed by atoms with Crippen LogP contribution in [0.3, 0.4) is 0 Å². The average Bonchev–Trinajstić information content (AvgIpc) is 2.64. The first-order chi connectivity index (χ1) is 7.61. The van der Waals surface area contributed by atoms with E-state index in [2.05, 4.69) is 4.98 Å². The summed E-state index contributed by atoms with van der Waals surface area (Å²) in [5, 5.41) is 0.0764. The van der Waals surface area contributed by atoms with Gasteiger partial charge in [-0.15, -0.1) is 0 Å². The molecule has 0 aliphatic heterocycles. The number of rotatable bonds is 2. The van der Waals surface area contributed by atoms with Gasteiger partial charge in [0.2, 0.25) is 0 Å². The summed E-state index contributed by atoms with van der Waals surface area (Å²) in [7, 11) is 1.64. The Morgan fingerprint density at radius 1 is 1.50 bits per heavy atom. The highest BCUT2D eigenvalue weighted by atomic mass is 35.5. The maximum atomic E-state index is 11.7. The molecule has 88 valence electrons. The molecule has 0 spiro atoms. The highest BCUT2D eigenvalue weighted by molar-refractivity contribution is 6.29. The standard InChI is InChI=1S/C10H13ClN2O3/c1-16-7-3-2-6(4-7)13-9(14)5-8(11)12-10(13)15/h5-7H,2-4H2,1H3,(H,12,15). The van der Waals surface area contributed by atoms with Gasteiger partial charge in [0.15, 0.2) is 0 Å². The summed E-state index contributed by atoms with van der Waals surface area (Å²) in [5.74, 6) is 0. The van der Waals surface area contributed by atoms with Crippen molar-refractivity contribution in [3.63, 3.8) is 0 Å². The molecule has 0 amide bonds. The highest BCUT2D eigenvalue weighted by Gasteiger charge is 2.27. The third-order valence-corrected chi connectivity index (χ3v) is 3.19. The summed E-state index contributed by atoms with van der Waals surface area (Å²) in [6, 6.07) is 1.14. The summed E-state index contributed by atoms with van der Waals surface area (Å²) in [6.45, 7) is 0. The summed E-state index contributed by atoms with van der Waals surface area (Å²) in [4.78, 5) is 25.7. The van der Waals surface area contributed by atoms with Crippen molar-refractivity contribution >= 4 is 11.6 Å². The molecule has 1 aliphatic rings. The van der Waals surface area contributed by atoms with Crippen LogP contribution in [-0.2, 0) is 4.74 Å². The molecule has 1 N–H and O–H groups in total. The first-order valence-corrected chi connectivity index (χ1v) is 5.53. The van der Waals surface area contributed by atoms with E-state index in [1.807, 2.05) is 0 Å². The number of nitrogens with one attached hydrogen (secondary N) is 1. The molecular formula is C10H13ClN2O3. The molecule has 0 bridgehead atoms. The van der Waals surface area contributed by atoms with Gasteiger partial charge in [0, 0.05) is 19.2 Å². The monoisotopic (exact) mass is 244 g/mol. The number of aromatic amines is 1. The minimum atomic E-state index is -0.445. The van der Waals surface area contributed by atoms with Crippen LogP contribution in [0.25, 0.3) is 0 Å². The lowest BCUT2D eigenvalue weighted by atomic mass is 10.2. The van der Waals surface area contributed by atoms with Crippen LogP contribution in [0, 0.1) is 0 Å². The Bertz CT molecular complexity index is 462. The molecule has 1 fully saturated rings. The Balaban J connectivity index is 2.35. The van der Waals surface area contributed by atoms with E-state index in [0.29, 0.717) is 6.42 Å². The molecule has 2 atom stereocenters. The molecule has 1 heterocycles. The van der Waals surface area contributed by atoms with Crippen LogP contribution in [0.4, 0.5) is 0 Å². The van der Waals surface area contributed by atoms with E-state index in [0.717, 1.165) is 12.8 Å². The summed E-state index contributed by atoms with van der Waals surface area (Å²) in [5.41, 5.74) is -0.797. The van der Waals surface area contributed by atoms with Crippen molar-refractivity contribution < 1.29 is 4.74 Å². The zero-order valence-corrected chi connectivity index (χ0v) is 9.66. The largest absolute Gasteiger partial charge is 0.381 e. The van der Waals surface area contributed by atoms with Gasteiger partial charge >= 0.3 is 5.69 Å². The molecule has 1 aromatic rings. The van der Waals surface area contributed by atoms with Crippen molar-refractivity contribution in [2.45, 2.75) is 31.4 Å². The van der Waals surface area contributed by atoms with Crippen molar-refractivity contribution in [1.82, 2.24) is 9.55 Å². The fourth-order valence-electron chi connectivity index (χ4n) is 2.19. The normalized spacial score (nSPS) is 24.9. The second kappa shape index (κ2) is 4.43. The van der Waals surface area contributed by atoms with Gasteiger partial charge in [-0.1, -0.05) is 11.6 Å². The summed E-state index contributed by atoms with van der Waals surface area (Å²) >= 11 is 5.59. The summed E-state index contributed by atoms with van der Waals surface area (Å²) < 4.78 is 6.44. The molecular weight excluding hydrogens is 232 g/mol. The van der Waals surface area contributed by atoms with Crippen molar-refractivity contribution in [2.75, 3.05) is 7.11 Å². The predicted molar refractivity (Wildman–Crippen MR) is 60.0 cm³/mol. The van der Waals surface area contributed by atoms with Gasteiger partial charge < -0.3 is 4.74 Å². The maximum absolute atomic E-state index is 11.7. The molecule has 2 unspecified atom stereocenters. The molecule has 0 saturated heterocycles. The SMILES string of the molecule is COC1CCC(n2c(=O)cc(Cl)[nH]c2=O)C1. The Kier molecular flexibility index (Phi) is 3.16. The zero-order chi connectivity index (χ0) is 11.7. The predicted octanol–water partition coefficient (Wildman–Crippen LogP) is 0.930. The van der Waals surface area contributed by atoms with Gasteiger partial charge in [0.25, 0.3) is 5.56 Å². The second-order valence-corrected chi connectivity index (χ2v) is 4.36. The fraction of sp³-hybridized carbons (Fsp3) is 0.600. The van der Waals surface area contributed by atoms with Crippen molar-refractivity contribution in [3.05, 3.63) is 32.1 Å². The van der Waals surface area contributed by atoms with Crippen molar-refractivity contribution in [1.29, 1.82) is 0 Å². The molecule has 6 heteroatoms. The first kappa shape index (κ1) is 11.4. The Morgan fingerprint density at radius 3 is 2.81 bits per heavy atom. The number of halogens is 1. The number of aromatic nitrogens is 2. The summed E-state index contributed by atoms with van der Waals surface area (Å²) in [6.07, 6.45) is 2.48. The van der Waals surface area contributed by atoms with Crippen LogP contribution in [0.5, 0.6) is 0 Å². The van der Waals surface area contributed by atoms with Crippen LogP contribution >= 0.6 is 11.6 Å². The lowest BCUT2D eigenvalue weighted by Gasteiger charge is -2.12. The van der Waals surface area contributed by atoms with Crippen LogP contribution in [-0.4, -0.2) is 22.8 Å². The van der Waals surface area contributed by atoms with Gasteiger partial charge in [0.1, 0.15) is 5.15 Å². The molecule has 1 aromatic heterocycles. The maximum Gasteiger partial charge on any atom is 0.329 e. The number of hydrogen-bond donors (Lipinski definition) is 1. The molecule has 2 rings (SSSR count). The number of ether oxygens (including phenoxy) is 1. The minimum Gasteiger partial charge on any atom is -0.381 e. The second-order valence-electron chi connectivity index (χ2n) is 3.96. The molecule has 16 heavy (non-hydrogen) atoms. The van der Waals surface area contributed by atoms with Gasteiger partial charge in [-0.3, -0.25) is 14.3 Å². The number of H-pyrrole nitrogens is 1. The Hall–Kier alpha value is -1.07. The van der Waals surface area contributed by atoms with E-state index in [-0.39, 0.29) is 22.9 Å². The van der Waals surface area contributed by atoms with E-state index >= 15 is 0 Å². The van der Waals surface area contributed by atoms with Crippen LogP contribution in [0.15, 0.2) is 15.7 Å². The van der Waals surface area contributed by atoms with E-state index < -0.39 is 5.69 Å². The van der Waals surface area contributed by atoms with Crippen LogP contribution in [0.1, 0.15) is 25.3 Å². The van der Waals surface area contributed by atoms with E-state index in [1.165, 1.54) is 10.6 Å². The third-order valence-electron chi connectivity index (χ3n) is 2.99. The van der Waals surface area contributed by atoms with Gasteiger partial charge in [-0.2, -0.15) is 0 Å². The number of hydrogen-bond acceptors (Lipinski definition) is 3. The minimum absolute atomic E-state index is 0.0764. The molecule has 5 nitrogen and oxygen atoms in total. The number of nitrogens with zero attached hydrogens (tertiary/aromatic N) is 1. The molecule has 1 saturated carbocycles. The lowest BCUT2D eigenvalue weighted by Crippen LogP contribution is -2.37. The fourth-order valence-corrected chi connectivity index (χ4v) is 2.36. The van der Waals surface area contributed by atoms with E-state index in [1.54, 1.807) is 7.11 Å². The van der Waals surface area contributed by atoms with Gasteiger partial charge in [-0.25, -0.2) is 4.79 Å². The van der Waals surface area contributed by atoms with Gasteiger partial charge in [0.05, 0.1) is 6.10 Å². The smallest absolute Gasteiger partial charge is 0.329 e. The van der Waals surface area contributed by atoms with Crippen molar-refractivity contribution in [2.24, 2.45) is 0 Å². The molecule has 0 radical (unpaired) electrons. The zero-order valence-electron chi connectivity index (χ0n) is 8.90. The van der Waals surface area contributed by atoms with E-state index in [9.17, 15) is 9.59 Å². The Morgan fingerprint density at radius 2 is 2.25 bits per heavy atom. The highest BCUT2D eigenvalue weighted by Crippen LogP contribution is 2.29. The topological polar surface area (TPSA) is 64.1 Å². The average molecular weight is 245 g/mol. The molecule has 1 aliphatic carbocycles. The lowest BCUT2D eigenvalue weighted by molar-refractivity contribution is 0.105. The van der Waals surface area contributed by atoms with Crippen LogP contribution < -0.4 is 11.2 Å². The van der Waals surface area contributed by atoms with Crippen LogP contribution in [0.2, 0.25) is 5.15 Å².